The van der Waals surface area contributed by atoms with Crippen LogP contribution in [0.5, 0.6) is 11.5 Å². The summed E-state index contributed by atoms with van der Waals surface area (Å²) in [5, 5.41) is 10.1. The van der Waals surface area contributed by atoms with E-state index in [4.69, 9.17) is 4.74 Å². The van der Waals surface area contributed by atoms with Gasteiger partial charge in [0, 0.05) is 23.1 Å². The molecule has 0 saturated carbocycles. The number of rotatable bonds is 2. The summed E-state index contributed by atoms with van der Waals surface area (Å²) >= 11 is 0. The maximum atomic E-state index is 11.4. The Morgan fingerprint density at radius 2 is 2.00 bits per heavy atom. The van der Waals surface area contributed by atoms with Crippen molar-refractivity contribution in [3.05, 3.63) is 58.7 Å². The van der Waals surface area contributed by atoms with Crippen molar-refractivity contribution in [3.8, 4) is 23.3 Å². The standard InChI is InChI=1S/C22H22O4/c1-22(2)11-12-26-20-17(13-18(23)14-19(20)22)6-4-5-15-7-9-16(10-8-15)21(24)25-3/h7-10,13-14,23H,6,11-12H2,1-3H3. The summed E-state index contributed by atoms with van der Waals surface area (Å²) in [7, 11) is 1.36. The minimum Gasteiger partial charge on any atom is -0.508 e. The van der Waals surface area contributed by atoms with Gasteiger partial charge >= 0.3 is 5.97 Å². The molecular formula is C22H22O4. The smallest absolute Gasteiger partial charge is 0.337 e. The molecule has 2 aromatic rings. The topological polar surface area (TPSA) is 55.8 Å². The van der Waals surface area contributed by atoms with E-state index in [-0.39, 0.29) is 17.1 Å². The van der Waals surface area contributed by atoms with Gasteiger partial charge in [-0.15, -0.1) is 0 Å². The highest BCUT2D eigenvalue weighted by atomic mass is 16.5. The van der Waals surface area contributed by atoms with Crippen molar-refractivity contribution in [2.75, 3.05) is 13.7 Å². The molecule has 0 aromatic heterocycles. The Balaban J connectivity index is 1.82. The monoisotopic (exact) mass is 350 g/mol. The highest BCUT2D eigenvalue weighted by Crippen LogP contribution is 2.42. The van der Waals surface area contributed by atoms with Crippen molar-refractivity contribution in [3.63, 3.8) is 0 Å². The fourth-order valence-corrected chi connectivity index (χ4v) is 3.07. The first-order valence-corrected chi connectivity index (χ1v) is 8.57. The fourth-order valence-electron chi connectivity index (χ4n) is 3.07. The van der Waals surface area contributed by atoms with Gasteiger partial charge in [0.25, 0.3) is 0 Å². The molecule has 0 spiro atoms. The molecule has 4 heteroatoms. The second-order valence-electron chi connectivity index (χ2n) is 7.01. The number of benzene rings is 2. The molecule has 3 rings (SSSR count). The number of aromatic hydroxyl groups is 1. The summed E-state index contributed by atoms with van der Waals surface area (Å²) in [6.07, 6.45) is 1.40. The number of hydrogen-bond donors (Lipinski definition) is 1. The van der Waals surface area contributed by atoms with Crippen molar-refractivity contribution in [2.45, 2.75) is 32.1 Å². The highest BCUT2D eigenvalue weighted by molar-refractivity contribution is 5.89. The number of methoxy groups -OCH3 is 1. The minimum atomic E-state index is -0.365. The minimum absolute atomic E-state index is 0.0295. The molecule has 1 N–H and O–H groups in total. The molecular weight excluding hydrogens is 328 g/mol. The Morgan fingerprint density at radius 3 is 2.69 bits per heavy atom. The van der Waals surface area contributed by atoms with Crippen LogP contribution >= 0.6 is 0 Å². The molecule has 0 amide bonds. The van der Waals surface area contributed by atoms with Crippen LogP contribution in [0.1, 0.15) is 47.3 Å². The molecule has 0 saturated heterocycles. The van der Waals surface area contributed by atoms with Crippen LogP contribution in [-0.4, -0.2) is 24.8 Å². The van der Waals surface area contributed by atoms with Gasteiger partial charge in [-0.25, -0.2) is 4.79 Å². The molecule has 26 heavy (non-hydrogen) atoms. The Bertz CT molecular complexity index is 883. The molecule has 1 heterocycles. The number of hydrogen-bond acceptors (Lipinski definition) is 4. The molecule has 0 aliphatic carbocycles. The summed E-state index contributed by atoms with van der Waals surface area (Å²) < 4.78 is 10.6. The molecule has 2 aromatic carbocycles. The van der Waals surface area contributed by atoms with E-state index >= 15 is 0 Å². The second kappa shape index (κ2) is 7.13. The van der Waals surface area contributed by atoms with E-state index in [1.165, 1.54) is 7.11 Å². The van der Waals surface area contributed by atoms with Gasteiger partial charge in [-0.3, -0.25) is 0 Å². The van der Waals surface area contributed by atoms with E-state index in [1.807, 2.05) is 0 Å². The lowest BCUT2D eigenvalue weighted by atomic mass is 9.78. The number of fused-ring (bicyclic) bond motifs is 1. The van der Waals surface area contributed by atoms with Gasteiger partial charge in [-0.05, 0) is 48.2 Å². The molecule has 0 bridgehead atoms. The SMILES string of the molecule is COC(=O)c1ccc(C#CCc2cc(O)cc3c2OCCC3(C)C)cc1. The number of phenols is 1. The highest BCUT2D eigenvalue weighted by Gasteiger charge is 2.30. The lowest BCUT2D eigenvalue weighted by Crippen LogP contribution is -2.27. The first-order valence-electron chi connectivity index (χ1n) is 8.57. The largest absolute Gasteiger partial charge is 0.508 e. The van der Waals surface area contributed by atoms with Crippen LogP contribution in [0.4, 0.5) is 0 Å². The Hall–Kier alpha value is -2.93. The van der Waals surface area contributed by atoms with Crippen molar-refractivity contribution in [2.24, 2.45) is 0 Å². The first kappa shape index (κ1) is 17.9. The van der Waals surface area contributed by atoms with Crippen LogP contribution in [0, 0.1) is 11.8 Å². The summed E-state index contributed by atoms with van der Waals surface area (Å²) in [6.45, 7) is 4.98. The quantitative estimate of drug-likeness (QED) is 0.661. The summed E-state index contributed by atoms with van der Waals surface area (Å²) in [5.41, 5.74) is 3.20. The number of esters is 1. The van der Waals surface area contributed by atoms with E-state index in [9.17, 15) is 9.90 Å². The van der Waals surface area contributed by atoms with Crippen LogP contribution in [0.3, 0.4) is 0 Å². The molecule has 0 fully saturated rings. The molecule has 4 nitrogen and oxygen atoms in total. The van der Waals surface area contributed by atoms with Gasteiger partial charge in [0.15, 0.2) is 0 Å². The lowest BCUT2D eigenvalue weighted by molar-refractivity contribution is 0.0600. The third-order valence-corrected chi connectivity index (χ3v) is 4.67. The van der Waals surface area contributed by atoms with Gasteiger partial charge in [0.2, 0.25) is 0 Å². The Morgan fingerprint density at radius 1 is 1.27 bits per heavy atom. The second-order valence-corrected chi connectivity index (χ2v) is 7.01. The van der Waals surface area contributed by atoms with Crippen molar-refractivity contribution < 1.29 is 19.4 Å². The molecule has 1 aliphatic rings. The van der Waals surface area contributed by atoms with Crippen LogP contribution in [0.2, 0.25) is 0 Å². The van der Waals surface area contributed by atoms with Crippen molar-refractivity contribution >= 4 is 5.97 Å². The summed E-state index contributed by atoms with van der Waals surface area (Å²) in [6, 6.07) is 10.5. The number of phenolic OH excluding ortho intramolecular Hbond substituents is 1. The Labute approximate surface area is 153 Å². The Kier molecular flexibility index (Phi) is 4.90. The van der Waals surface area contributed by atoms with E-state index in [0.29, 0.717) is 18.6 Å². The molecule has 134 valence electrons. The first-order chi connectivity index (χ1) is 12.4. The molecule has 0 unspecified atom stereocenters. The predicted octanol–water partition coefficient (Wildman–Crippen LogP) is 3.83. The number of ether oxygens (including phenoxy) is 2. The van der Waals surface area contributed by atoms with Crippen LogP contribution in [0.25, 0.3) is 0 Å². The van der Waals surface area contributed by atoms with Gasteiger partial charge in [0.1, 0.15) is 11.5 Å². The number of carbonyl (C=O) groups is 1. The average molecular weight is 350 g/mol. The van der Waals surface area contributed by atoms with Crippen molar-refractivity contribution in [1.29, 1.82) is 0 Å². The third kappa shape index (κ3) is 3.67. The van der Waals surface area contributed by atoms with Crippen molar-refractivity contribution in [1.82, 2.24) is 0 Å². The fraction of sp³-hybridized carbons (Fsp3) is 0.318. The maximum absolute atomic E-state index is 11.4. The van der Waals surface area contributed by atoms with E-state index in [1.54, 1.807) is 36.4 Å². The van der Waals surface area contributed by atoms with Crippen LogP contribution < -0.4 is 4.74 Å². The van der Waals surface area contributed by atoms with Gasteiger partial charge in [0.05, 0.1) is 19.3 Å². The average Bonchev–Trinajstić information content (AvgIpc) is 2.62. The van der Waals surface area contributed by atoms with E-state index in [2.05, 4.69) is 30.4 Å². The van der Waals surface area contributed by atoms with Gasteiger partial charge in [-0.1, -0.05) is 25.7 Å². The normalized spacial score (nSPS) is 14.4. The summed E-state index contributed by atoms with van der Waals surface area (Å²) in [5.74, 6) is 6.93. The van der Waals surface area contributed by atoms with Crippen LogP contribution in [0.15, 0.2) is 36.4 Å². The maximum Gasteiger partial charge on any atom is 0.337 e. The zero-order valence-electron chi connectivity index (χ0n) is 15.3. The van der Waals surface area contributed by atoms with Crippen LogP contribution in [-0.2, 0) is 16.6 Å². The van der Waals surface area contributed by atoms with Gasteiger partial charge < -0.3 is 14.6 Å². The van der Waals surface area contributed by atoms with E-state index in [0.717, 1.165) is 28.9 Å². The zero-order chi connectivity index (χ0) is 18.7. The van der Waals surface area contributed by atoms with E-state index < -0.39 is 0 Å². The molecule has 1 aliphatic heterocycles. The number of carbonyl (C=O) groups excluding carboxylic acids is 1. The summed E-state index contributed by atoms with van der Waals surface area (Å²) in [4.78, 5) is 11.4. The lowest BCUT2D eigenvalue weighted by Gasteiger charge is -2.33. The van der Waals surface area contributed by atoms with Gasteiger partial charge in [-0.2, -0.15) is 0 Å². The molecule has 0 atom stereocenters. The zero-order valence-corrected chi connectivity index (χ0v) is 15.3. The predicted molar refractivity (Wildman–Crippen MR) is 99.6 cm³/mol. The molecule has 0 radical (unpaired) electrons. The third-order valence-electron chi connectivity index (χ3n) is 4.67.